The van der Waals surface area contributed by atoms with Gasteiger partial charge in [-0.2, -0.15) is 0 Å². The monoisotopic (exact) mass is 317 g/mol. The maximum atomic E-state index is 12.0. The molecule has 0 radical (unpaired) electrons. The van der Waals surface area contributed by atoms with Crippen molar-refractivity contribution >= 4 is 6.03 Å². The van der Waals surface area contributed by atoms with E-state index >= 15 is 0 Å². The average Bonchev–Trinajstić information content (AvgIpc) is 3.12. The standard InChI is InChI=1S/C17H27N5O/c23-17(20-10-14-5-7-21(11-14)15-2-3-15)19-9-13-1-4-16-18-6-8-22(16)12-13/h6,8,13-15H,1-5,7,9-12H2,(H2,19,20,23). The number of fused-ring (bicyclic) bond motifs is 1. The molecule has 0 spiro atoms. The van der Waals surface area contributed by atoms with Gasteiger partial charge in [-0.25, -0.2) is 9.78 Å². The van der Waals surface area contributed by atoms with E-state index in [2.05, 4.69) is 25.1 Å². The molecule has 0 aromatic carbocycles. The SMILES string of the molecule is O=C(NCC1CCN(C2CC2)C1)NCC1CCc2nccn2C1. The van der Waals surface area contributed by atoms with Crippen LogP contribution in [0.2, 0.25) is 0 Å². The molecule has 4 rings (SSSR count). The number of imidazole rings is 1. The highest BCUT2D eigenvalue weighted by Gasteiger charge is 2.34. The van der Waals surface area contributed by atoms with E-state index in [1.54, 1.807) is 0 Å². The number of nitrogens with zero attached hydrogens (tertiary/aromatic N) is 3. The van der Waals surface area contributed by atoms with Crippen molar-refractivity contribution < 1.29 is 4.79 Å². The Labute approximate surface area is 137 Å². The quantitative estimate of drug-likeness (QED) is 0.858. The first-order valence-corrected chi connectivity index (χ1v) is 9.03. The van der Waals surface area contributed by atoms with E-state index < -0.39 is 0 Å². The van der Waals surface area contributed by atoms with Gasteiger partial charge in [0.05, 0.1) is 0 Å². The summed E-state index contributed by atoms with van der Waals surface area (Å²) in [5.74, 6) is 2.32. The smallest absolute Gasteiger partial charge is 0.314 e. The Bertz CT molecular complexity index is 553. The number of hydrogen-bond donors (Lipinski definition) is 2. The van der Waals surface area contributed by atoms with Gasteiger partial charge in [-0.1, -0.05) is 0 Å². The molecule has 6 nitrogen and oxygen atoms in total. The third kappa shape index (κ3) is 3.68. The van der Waals surface area contributed by atoms with E-state index in [0.717, 1.165) is 45.1 Å². The topological polar surface area (TPSA) is 62.2 Å². The first-order valence-electron chi connectivity index (χ1n) is 9.03. The van der Waals surface area contributed by atoms with Gasteiger partial charge < -0.3 is 20.1 Å². The maximum absolute atomic E-state index is 12.0. The Morgan fingerprint density at radius 2 is 1.91 bits per heavy atom. The van der Waals surface area contributed by atoms with Gasteiger partial charge in [0.1, 0.15) is 5.82 Å². The van der Waals surface area contributed by atoms with E-state index in [1.165, 1.54) is 31.6 Å². The van der Waals surface area contributed by atoms with Gasteiger partial charge >= 0.3 is 6.03 Å². The predicted molar refractivity (Wildman–Crippen MR) is 88.1 cm³/mol. The number of hydrogen-bond acceptors (Lipinski definition) is 3. The van der Waals surface area contributed by atoms with Gasteiger partial charge in [0.25, 0.3) is 0 Å². The van der Waals surface area contributed by atoms with Crippen LogP contribution in [0.3, 0.4) is 0 Å². The van der Waals surface area contributed by atoms with E-state index in [4.69, 9.17) is 0 Å². The van der Waals surface area contributed by atoms with Crippen molar-refractivity contribution in [3.05, 3.63) is 18.2 Å². The Morgan fingerprint density at radius 1 is 1.13 bits per heavy atom. The van der Waals surface area contributed by atoms with Crippen LogP contribution in [0.25, 0.3) is 0 Å². The molecular weight excluding hydrogens is 290 g/mol. The number of nitrogens with one attached hydrogen (secondary N) is 2. The van der Waals surface area contributed by atoms with Gasteiger partial charge in [0.2, 0.25) is 0 Å². The number of rotatable bonds is 5. The lowest BCUT2D eigenvalue weighted by atomic mass is 9.99. The van der Waals surface area contributed by atoms with Crippen LogP contribution < -0.4 is 10.6 Å². The van der Waals surface area contributed by atoms with E-state index in [1.807, 2.05) is 12.4 Å². The van der Waals surface area contributed by atoms with Crippen molar-refractivity contribution in [3.8, 4) is 0 Å². The second-order valence-corrected chi connectivity index (χ2v) is 7.37. The van der Waals surface area contributed by atoms with Gasteiger partial charge in [0.15, 0.2) is 0 Å². The summed E-state index contributed by atoms with van der Waals surface area (Å²) >= 11 is 0. The van der Waals surface area contributed by atoms with Crippen LogP contribution in [-0.4, -0.2) is 52.7 Å². The molecule has 2 unspecified atom stereocenters. The zero-order valence-electron chi connectivity index (χ0n) is 13.7. The molecule has 1 saturated heterocycles. The molecule has 2 N–H and O–H groups in total. The van der Waals surface area contributed by atoms with Gasteiger partial charge in [0, 0.05) is 51.0 Å². The number of amides is 2. The molecule has 3 aliphatic rings. The molecule has 1 aliphatic carbocycles. The van der Waals surface area contributed by atoms with Crippen molar-refractivity contribution in [1.82, 2.24) is 25.1 Å². The number of carbonyl (C=O) groups is 1. The molecule has 2 amide bonds. The summed E-state index contributed by atoms with van der Waals surface area (Å²) < 4.78 is 2.21. The summed E-state index contributed by atoms with van der Waals surface area (Å²) in [4.78, 5) is 18.9. The summed E-state index contributed by atoms with van der Waals surface area (Å²) in [6.45, 7) is 4.91. The zero-order valence-corrected chi connectivity index (χ0v) is 13.7. The lowest BCUT2D eigenvalue weighted by Gasteiger charge is -2.24. The fourth-order valence-corrected chi connectivity index (χ4v) is 3.94. The summed E-state index contributed by atoms with van der Waals surface area (Å²) in [6.07, 6.45) is 10.00. The molecule has 2 aliphatic heterocycles. The molecule has 1 aromatic heterocycles. The maximum Gasteiger partial charge on any atom is 0.314 e. The lowest BCUT2D eigenvalue weighted by molar-refractivity contribution is 0.234. The third-order valence-electron chi connectivity index (χ3n) is 5.52. The summed E-state index contributed by atoms with van der Waals surface area (Å²) in [5, 5.41) is 6.11. The Hall–Kier alpha value is -1.56. The number of aromatic nitrogens is 2. The second-order valence-electron chi connectivity index (χ2n) is 7.37. The first kappa shape index (κ1) is 15.0. The lowest BCUT2D eigenvalue weighted by Crippen LogP contribution is -2.42. The highest BCUT2D eigenvalue weighted by Crippen LogP contribution is 2.31. The number of aryl methyl sites for hydroxylation is 1. The molecule has 126 valence electrons. The van der Waals surface area contributed by atoms with Crippen molar-refractivity contribution in [2.45, 2.75) is 44.7 Å². The minimum atomic E-state index is -0.00806. The van der Waals surface area contributed by atoms with Crippen LogP contribution in [0.5, 0.6) is 0 Å². The fourth-order valence-electron chi connectivity index (χ4n) is 3.94. The molecule has 23 heavy (non-hydrogen) atoms. The molecule has 0 bridgehead atoms. The highest BCUT2D eigenvalue weighted by atomic mass is 16.2. The summed E-state index contributed by atoms with van der Waals surface area (Å²) in [5.41, 5.74) is 0. The summed E-state index contributed by atoms with van der Waals surface area (Å²) in [7, 11) is 0. The highest BCUT2D eigenvalue weighted by molar-refractivity contribution is 5.73. The van der Waals surface area contributed by atoms with Crippen LogP contribution in [0.4, 0.5) is 4.79 Å². The first-order chi connectivity index (χ1) is 11.3. The molecule has 3 heterocycles. The molecule has 1 aromatic rings. The molecule has 1 saturated carbocycles. The summed E-state index contributed by atoms with van der Waals surface area (Å²) in [6, 6.07) is 0.847. The van der Waals surface area contributed by atoms with Crippen molar-refractivity contribution in [2.75, 3.05) is 26.2 Å². The molecule has 6 heteroatoms. The van der Waals surface area contributed by atoms with Crippen LogP contribution in [-0.2, 0) is 13.0 Å². The largest absolute Gasteiger partial charge is 0.338 e. The number of carbonyl (C=O) groups excluding carboxylic acids is 1. The molecular formula is C17H27N5O. The fraction of sp³-hybridized carbons (Fsp3) is 0.765. The number of urea groups is 1. The second kappa shape index (κ2) is 6.51. The normalized spacial score (nSPS) is 27.7. The van der Waals surface area contributed by atoms with E-state index in [0.29, 0.717) is 11.8 Å². The van der Waals surface area contributed by atoms with Crippen LogP contribution in [0.15, 0.2) is 12.4 Å². The predicted octanol–water partition coefficient (Wildman–Crippen LogP) is 1.23. The molecule has 2 fully saturated rings. The van der Waals surface area contributed by atoms with Crippen molar-refractivity contribution in [1.29, 1.82) is 0 Å². The third-order valence-corrected chi connectivity index (χ3v) is 5.52. The van der Waals surface area contributed by atoms with Gasteiger partial charge in [-0.05, 0) is 44.1 Å². The van der Waals surface area contributed by atoms with Crippen molar-refractivity contribution in [3.63, 3.8) is 0 Å². The van der Waals surface area contributed by atoms with Crippen LogP contribution in [0.1, 0.15) is 31.5 Å². The van der Waals surface area contributed by atoms with Gasteiger partial charge in [-0.3, -0.25) is 0 Å². The van der Waals surface area contributed by atoms with Crippen molar-refractivity contribution in [2.24, 2.45) is 11.8 Å². The van der Waals surface area contributed by atoms with E-state index in [-0.39, 0.29) is 6.03 Å². The number of likely N-dealkylation sites (tertiary alicyclic amines) is 1. The Kier molecular flexibility index (Phi) is 4.25. The Morgan fingerprint density at radius 3 is 2.70 bits per heavy atom. The average molecular weight is 317 g/mol. The van der Waals surface area contributed by atoms with Crippen LogP contribution in [0, 0.1) is 11.8 Å². The van der Waals surface area contributed by atoms with Crippen LogP contribution >= 0.6 is 0 Å². The minimum Gasteiger partial charge on any atom is -0.338 e. The minimum absolute atomic E-state index is 0.00806. The zero-order chi connectivity index (χ0) is 15.6. The molecule has 2 atom stereocenters. The van der Waals surface area contributed by atoms with E-state index in [9.17, 15) is 4.79 Å². The Balaban J connectivity index is 1.14. The van der Waals surface area contributed by atoms with Gasteiger partial charge in [-0.15, -0.1) is 0 Å².